The molecule has 1 aliphatic heterocycles. The number of aromatic hydroxyl groups is 1. The number of nitrogens with zero attached hydrogens (tertiary/aromatic N) is 1. The van der Waals surface area contributed by atoms with Gasteiger partial charge in [0.25, 0.3) is 0 Å². The van der Waals surface area contributed by atoms with E-state index in [0.717, 1.165) is 40.6 Å². The van der Waals surface area contributed by atoms with Crippen molar-refractivity contribution in [3.63, 3.8) is 0 Å². The summed E-state index contributed by atoms with van der Waals surface area (Å²) in [5.74, 6) is -0.652. The Kier molecular flexibility index (Phi) is 3.18. The van der Waals surface area contributed by atoms with E-state index in [9.17, 15) is 9.90 Å². The molecule has 0 aromatic heterocycles. The Labute approximate surface area is 121 Å². The van der Waals surface area contributed by atoms with Crippen LogP contribution >= 0.6 is 11.6 Å². The largest absolute Gasteiger partial charge is 0.507 e. The van der Waals surface area contributed by atoms with Crippen LogP contribution in [0.25, 0.3) is 10.8 Å². The van der Waals surface area contributed by atoms with Gasteiger partial charge < -0.3 is 15.1 Å². The zero-order valence-corrected chi connectivity index (χ0v) is 11.5. The summed E-state index contributed by atoms with van der Waals surface area (Å²) in [6.07, 6.45) is 0.842. The molecule has 2 aromatic rings. The molecule has 0 saturated carbocycles. The van der Waals surface area contributed by atoms with Gasteiger partial charge in [-0.2, -0.15) is 0 Å². The number of phenols is 1. The van der Waals surface area contributed by atoms with Gasteiger partial charge in [0, 0.05) is 23.7 Å². The number of phenolic OH excluding ortho intramolecular Hbond substituents is 1. The van der Waals surface area contributed by atoms with Gasteiger partial charge in [-0.15, -0.1) is 11.6 Å². The van der Waals surface area contributed by atoms with Crippen molar-refractivity contribution in [2.75, 3.05) is 17.4 Å². The number of carboxylic acids is 1. The number of aliphatic carboxylic acids is 1. The van der Waals surface area contributed by atoms with Crippen molar-refractivity contribution in [2.24, 2.45) is 0 Å². The number of carboxylic acid groups (broad SMARTS) is 1. The molecule has 0 unspecified atom stereocenters. The minimum absolute atomic E-state index is 0.0143. The summed E-state index contributed by atoms with van der Waals surface area (Å²) < 4.78 is 0. The number of anilines is 1. The minimum Gasteiger partial charge on any atom is -0.507 e. The second-order valence-electron chi connectivity index (χ2n) is 4.98. The molecule has 2 aromatic carbocycles. The van der Waals surface area contributed by atoms with E-state index in [0.29, 0.717) is 6.00 Å². The van der Waals surface area contributed by atoms with E-state index in [-0.39, 0.29) is 12.2 Å². The second kappa shape index (κ2) is 4.87. The third-order valence-corrected chi connectivity index (χ3v) is 4.03. The van der Waals surface area contributed by atoms with Crippen LogP contribution in [0.2, 0.25) is 0 Å². The molecular formula is C15H14ClNO3. The molecule has 1 aliphatic rings. The molecule has 0 radical (unpaired) electrons. The lowest BCUT2D eigenvalue weighted by Gasteiger charge is -2.16. The monoisotopic (exact) mass is 291 g/mol. The van der Waals surface area contributed by atoms with Gasteiger partial charge in [-0.25, -0.2) is 0 Å². The van der Waals surface area contributed by atoms with Crippen LogP contribution in [0.15, 0.2) is 24.3 Å². The number of hydrogen-bond acceptors (Lipinski definition) is 3. The Morgan fingerprint density at radius 3 is 2.80 bits per heavy atom. The number of hydrogen-bond donors (Lipinski definition) is 2. The standard InChI is InChI=1S/C15H14ClNO3/c16-8-17-4-3-10-12-5-9(6-15(19)20)1-2-11(12)14(18)7-13(10)17/h1-2,5,7,18H,3-4,6,8H2,(H,19,20). The number of fused-ring (bicyclic) bond motifs is 3. The van der Waals surface area contributed by atoms with E-state index < -0.39 is 5.97 Å². The van der Waals surface area contributed by atoms with E-state index in [1.165, 1.54) is 0 Å². The molecule has 0 saturated heterocycles. The summed E-state index contributed by atoms with van der Waals surface area (Å²) in [6.45, 7) is 0.820. The molecule has 0 atom stereocenters. The third-order valence-electron chi connectivity index (χ3n) is 3.74. The summed E-state index contributed by atoms with van der Waals surface area (Å²) >= 11 is 5.91. The Hall–Kier alpha value is -1.94. The Morgan fingerprint density at radius 1 is 1.30 bits per heavy atom. The summed E-state index contributed by atoms with van der Waals surface area (Å²) in [7, 11) is 0. The molecule has 2 N–H and O–H groups in total. The Bertz CT molecular complexity index is 699. The van der Waals surface area contributed by atoms with Gasteiger partial charge in [0.2, 0.25) is 0 Å². The van der Waals surface area contributed by atoms with Crippen LogP contribution in [-0.4, -0.2) is 28.7 Å². The second-order valence-corrected chi connectivity index (χ2v) is 5.22. The van der Waals surface area contributed by atoms with Gasteiger partial charge in [0.15, 0.2) is 0 Å². The fourth-order valence-electron chi connectivity index (χ4n) is 2.82. The highest BCUT2D eigenvalue weighted by Crippen LogP contribution is 2.39. The maximum Gasteiger partial charge on any atom is 0.307 e. The van der Waals surface area contributed by atoms with Gasteiger partial charge >= 0.3 is 5.97 Å². The number of alkyl halides is 1. The first-order chi connectivity index (χ1) is 9.60. The molecular weight excluding hydrogens is 278 g/mol. The zero-order valence-electron chi connectivity index (χ0n) is 10.8. The average molecular weight is 292 g/mol. The van der Waals surface area contributed by atoms with Crippen molar-refractivity contribution in [2.45, 2.75) is 12.8 Å². The Balaban J connectivity index is 2.20. The highest BCUT2D eigenvalue weighted by Gasteiger charge is 2.22. The topological polar surface area (TPSA) is 60.8 Å². The zero-order chi connectivity index (χ0) is 14.3. The van der Waals surface area contributed by atoms with Gasteiger partial charge in [0.1, 0.15) is 5.75 Å². The normalized spacial score (nSPS) is 13.8. The van der Waals surface area contributed by atoms with E-state index in [1.54, 1.807) is 18.2 Å². The summed E-state index contributed by atoms with van der Waals surface area (Å²) in [4.78, 5) is 12.8. The van der Waals surface area contributed by atoms with Crippen molar-refractivity contribution >= 4 is 34.0 Å². The van der Waals surface area contributed by atoms with Crippen molar-refractivity contribution in [1.29, 1.82) is 0 Å². The number of halogens is 1. The molecule has 1 heterocycles. The SMILES string of the molecule is O=C(O)Cc1ccc2c(O)cc3c(c2c1)CCN3CCl. The van der Waals surface area contributed by atoms with Gasteiger partial charge in [-0.3, -0.25) is 4.79 Å². The van der Waals surface area contributed by atoms with Crippen molar-refractivity contribution in [3.05, 3.63) is 35.4 Å². The van der Waals surface area contributed by atoms with E-state index in [1.807, 2.05) is 11.0 Å². The highest BCUT2D eigenvalue weighted by atomic mass is 35.5. The smallest absolute Gasteiger partial charge is 0.307 e. The fourth-order valence-corrected chi connectivity index (χ4v) is 3.07. The molecule has 0 spiro atoms. The predicted molar refractivity (Wildman–Crippen MR) is 78.7 cm³/mol. The van der Waals surface area contributed by atoms with E-state index >= 15 is 0 Å². The lowest BCUT2D eigenvalue weighted by Crippen LogP contribution is -2.17. The number of benzene rings is 2. The van der Waals surface area contributed by atoms with Crippen LogP contribution in [0.3, 0.4) is 0 Å². The molecule has 0 fully saturated rings. The predicted octanol–water partition coefficient (Wildman–Crippen LogP) is 2.73. The number of carbonyl (C=O) groups is 1. The van der Waals surface area contributed by atoms with Gasteiger partial charge in [-0.1, -0.05) is 18.2 Å². The lowest BCUT2D eigenvalue weighted by molar-refractivity contribution is -0.136. The van der Waals surface area contributed by atoms with Crippen LogP contribution in [-0.2, 0) is 17.6 Å². The number of rotatable bonds is 3. The van der Waals surface area contributed by atoms with Crippen LogP contribution in [0.1, 0.15) is 11.1 Å². The summed E-state index contributed by atoms with van der Waals surface area (Å²) in [5, 5.41) is 20.7. The van der Waals surface area contributed by atoms with Crippen molar-refractivity contribution in [1.82, 2.24) is 0 Å². The van der Waals surface area contributed by atoms with Crippen LogP contribution < -0.4 is 4.90 Å². The molecule has 104 valence electrons. The minimum atomic E-state index is -0.858. The molecule has 3 rings (SSSR count). The quantitative estimate of drug-likeness (QED) is 0.674. The third kappa shape index (κ3) is 2.06. The molecule has 0 bridgehead atoms. The summed E-state index contributed by atoms with van der Waals surface area (Å²) in [6, 6.07) is 7.51. The fraction of sp³-hybridized carbons (Fsp3) is 0.267. The van der Waals surface area contributed by atoms with Crippen molar-refractivity contribution in [3.8, 4) is 5.75 Å². The summed E-state index contributed by atoms with van der Waals surface area (Å²) in [5.41, 5.74) is 2.81. The highest BCUT2D eigenvalue weighted by molar-refractivity contribution is 6.19. The van der Waals surface area contributed by atoms with Gasteiger partial charge in [0.05, 0.1) is 12.4 Å². The molecule has 5 heteroatoms. The first kappa shape index (κ1) is 13.1. The van der Waals surface area contributed by atoms with E-state index in [4.69, 9.17) is 16.7 Å². The van der Waals surface area contributed by atoms with E-state index in [2.05, 4.69) is 0 Å². The van der Waals surface area contributed by atoms with Crippen LogP contribution in [0.4, 0.5) is 5.69 Å². The first-order valence-corrected chi connectivity index (χ1v) is 6.94. The molecule has 20 heavy (non-hydrogen) atoms. The first-order valence-electron chi connectivity index (χ1n) is 6.40. The molecule has 0 aliphatic carbocycles. The van der Waals surface area contributed by atoms with Crippen LogP contribution in [0, 0.1) is 0 Å². The van der Waals surface area contributed by atoms with Crippen LogP contribution in [0.5, 0.6) is 5.75 Å². The van der Waals surface area contributed by atoms with Crippen molar-refractivity contribution < 1.29 is 15.0 Å². The lowest BCUT2D eigenvalue weighted by atomic mass is 9.98. The maximum absolute atomic E-state index is 10.8. The average Bonchev–Trinajstić information content (AvgIpc) is 2.81. The Morgan fingerprint density at radius 2 is 2.10 bits per heavy atom. The van der Waals surface area contributed by atoms with Gasteiger partial charge in [-0.05, 0) is 22.9 Å². The molecule has 0 amide bonds. The molecule has 4 nitrogen and oxygen atoms in total. The maximum atomic E-state index is 10.8.